The van der Waals surface area contributed by atoms with Crippen LogP contribution in [0.3, 0.4) is 0 Å². The van der Waals surface area contributed by atoms with E-state index in [0.29, 0.717) is 5.95 Å². The third kappa shape index (κ3) is 1.58. The number of anilines is 2. The standard InChI is InChI=1S/C7H12N4/c1-5-6(11(2)3)4-9-7(8)10-5/h4H,1-3H3,(H2,8,9,10). The Morgan fingerprint density at radius 1 is 1.45 bits per heavy atom. The van der Waals surface area contributed by atoms with Gasteiger partial charge in [0, 0.05) is 14.1 Å². The molecular formula is C7H12N4. The number of nitrogen functional groups attached to an aromatic ring is 1. The van der Waals surface area contributed by atoms with Gasteiger partial charge in [-0.3, -0.25) is 0 Å². The monoisotopic (exact) mass is 152 g/mol. The van der Waals surface area contributed by atoms with Gasteiger partial charge in [0.1, 0.15) is 0 Å². The van der Waals surface area contributed by atoms with E-state index >= 15 is 0 Å². The molecule has 0 aromatic carbocycles. The van der Waals surface area contributed by atoms with Crippen molar-refractivity contribution >= 4 is 11.6 Å². The lowest BCUT2D eigenvalue weighted by Crippen LogP contribution is -2.12. The zero-order valence-electron chi connectivity index (χ0n) is 7.00. The summed E-state index contributed by atoms with van der Waals surface area (Å²) in [5.74, 6) is 0.327. The number of rotatable bonds is 1. The van der Waals surface area contributed by atoms with E-state index in [1.807, 2.05) is 25.9 Å². The minimum absolute atomic E-state index is 0.327. The Balaban J connectivity index is 3.09. The molecule has 0 saturated heterocycles. The number of hydrogen-bond donors (Lipinski definition) is 1. The van der Waals surface area contributed by atoms with Gasteiger partial charge in [-0.05, 0) is 6.92 Å². The first kappa shape index (κ1) is 7.78. The highest BCUT2D eigenvalue weighted by Gasteiger charge is 2.01. The van der Waals surface area contributed by atoms with Crippen LogP contribution in [-0.4, -0.2) is 24.1 Å². The fourth-order valence-corrected chi connectivity index (χ4v) is 0.918. The summed E-state index contributed by atoms with van der Waals surface area (Å²) in [6, 6.07) is 0. The quantitative estimate of drug-likeness (QED) is 0.634. The van der Waals surface area contributed by atoms with Gasteiger partial charge in [-0.25, -0.2) is 9.97 Å². The van der Waals surface area contributed by atoms with Crippen LogP contribution in [0.2, 0.25) is 0 Å². The molecule has 0 bridgehead atoms. The molecule has 2 N–H and O–H groups in total. The molecule has 1 rings (SSSR count). The summed E-state index contributed by atoms with van der Waals surface area (Å²) in [5, 5.41) is 0. The molecule has 4 nitrogen and oxygen atoms in total. The third-order valence-electron chi connectivity index (χ3n) is 1.45. The van der Waals surface area contributed by atoms with Crippen molar-refractivity contribution in [1.82, 2.24) is 9.97 Å². The van der Waals surface area contributed by atoms with E-state index in [4.69, 9.17) is 5.73 Å². The van der Waals surface area contributed by atoms with Gasteiger partial charge >= 0.3 is 0 Å². The smallest absolute Gasteiger partial charge is 0.220 e. The third-order valence-corrected chi connectivity index (χ3v) is 1.45. The summed E-state index contributed by atoms with van der Waals surface area (Å²) in [6.45, 7) is 1.91. The van der Waals surface area contributed by atoms with Crippen molar-refractivity contribution in [1.29, 1.82) is 0 Å². The molecule has 0 aliphatic carbocycles. The second-order valence-electron chi connectivity index (χ2n) is 2.59. The van der Waals surface area contributed by atoms with E-state index in [1.165, 1.54) is 0 Å². The van der Waals surface area contributed by atoms with Gasteiger partial charge in [0.05, 0.1) is 17.6 Å². The molecular weight excluding hydrogens is 140 g/mol. The first-order chi connectivity index (χ1) is 5.11. The van der Waals surface area contributed by atoms with Gasteiger partial charge in [-0.2, -0.15) is 0 Å². The molecule has 0 fully saturated rings. The molecule has 11 heavy (non-hydrogen) atoms. The lowest BCUT2D eigenvalue weighted by molar-refractivity contribution is 1.04. The summed E-state index contributed by atoms with van der Waals surface area (Å²) in [6.07, 6.45) is 1.72. The predicted octanol–water partition coefficient (Wildman–Crippen LogP) is 0.433. The highest BCUT2D eigenvalue weighted by atomic mass is 15.1. The lowest BCUT2D eigenvalue weighted by atomic mass is 10.3. The Hall–Kier alpha value is -1.32. The maximum absolute atomic E-state index is 5.39. The Morgan fingerprint density at radius 2 is 2.09 bits per heavy atom. The van der Waals surface area contributed by atoms with E-state index in [-0.39, 0.29) is 0 Å². The molecule has 1 heterocycles. The maximum atomic E-state index is 5.39. The second-order valence-corrected chi connectivity index (χ2v) is 2.59. The summed E-state index contributed by atoms with van der Waals surface area (Å²) >= 11 is 0. The molecule has 0 amide bonds. The molecule has 0 saturated carbocycles. The number of nitrogens with two attached hydrogens (primary N) is 1. The Morgan fingerprint density at radius 3 is 2.55 bits per heavy atom. The van der Waals surface area contributed by atoms with Crippen molar-refractivity contribution in [3.05, 3.63) is 11.9 Å². The molecule has 4 heteroatoms. The Labute approximate surface area is 66.1 Å². The van der Waals surface area contributed by atoms with Crippen molar-refractivity contribution in [2.45, 2.75) is 6.92 Å². The normalized spacial score (nSPS) is 9.73. The van der Waals surface area contributed by atoms with Crippen LogP contribution in [-0.2, 0) is 0 Å². The first-order valence-corrected chi connectivity index (χ1v) is 3.37. The SMILES string of the molecule is Cc1nc(N)ncc1N(C)C. The van der Waals surface area contributed by atoms with Gasteiger partial charge in [0.2, 0.25) is 5.95 Å². The van der Waals surface area contributed by atoms with Crippen LogP contribution in [0.4, 0.5) is 11.6 Å². The highest BCUT2D eigenvalue weighted by Crippen LogP contribution is 2.13. The van der Waals surface area contributed by atoms with Gasteiger partial charge in [-0.1, -0.05) is 0 Å². The van der Waals surface area contributed by atoms with E-state index in [9.17, 15) is 0 Å². The van der Waals surface area contributed by atoms with Crippen LogP contribution in [0.1, 0.15) is 5.69 Å². The van der Waals surface area contributed by atoms with Gasteiger partial charge < -0.3 is 10.6 Å². The number of nitrogens with zero attached hydrogens (tertiary/aromatic N) is 3. The Kier molecular flexibility index (Phi) is 1.94. The van der Waals surface area contributed by atoms with Crippen LogP contribution in [0, 0.1) is 6.92 Å². The van der Waals surface area contributed by atoms with Crippen molar-refractivity contribution in [3.63, 3.8) is 0 Å². The molecule has 60 valence electrons. The zero-order valence-corrected chi connectivity index (χ0v) is 7.00. The maximum Gasteiger partial charge on any atom is 0.220 e. The molecule has 1 aromatic rings. The van der Waals surface area contributed by atoms with Crippen molar-refractivity contribution in [2.24, 2.45) is 0 Å². The fraction of sp³-hybridized carbons (Fsp3) is 0.429. The topological polar surface area (TPSA) is 55.0 Å². The average Bonchev–Trinajstić information content (AvgIpc) is 1.85. The highest BCUT2D eigenvalue weighted by molar-refractivity contribution is 5.48. The van der Waals surface area contributed by atoms with Crippen LogP contribution in [0.25, 0.3) is 0 Å². The molecule has 0 spiro atoms. The summed E-state index contributed by atoms with van der Waals surface area (Å²) in [7, 11) is 3.89. The molecule has 0 unspecified atom stereocenters. The largest absolute Gasteiger partial charge is 0.375 e. The number of aromatic nitrogens is 2. The fourth-order valence-electron chi connectivity index (χ4n) is 0.918. The number of aryl methyl sites for hydroxylation is 1. The molecule has 0 aliphatic heterocycles. The minimum atomic E-state index is 0.327. The molecule has 0 radical (unpaired) electrons. The van der Waals surface area contributed by atoms with E-state index < -0.39 is 0 Å². The lowest BCUT2D eigenvalue weighted by Gasteiger charge is -2.13. The molecule has 0 aliphatic rings. The average molecular weight is 152 g/mol. The van der Waals surface area contributed by atoms with Crippen LogP contribution < -0.4 is 10.6 Å². The number of hydrogen-bond acceptors (Lipinski definition) is 4. The van der Waals surface area contributed by atoms with Crippen LogP contribution in [0.15, 0.2) is 6.20 Å². The van der Waals surface area contributed by atoms with Crippen molar-refractivity contribution in [3.8, 4) is 0 Å². The van der Waals surface area contributed by atoms with E-state index in [2.05, 4.69) is 9.97 Å². The van der Waals surface area contributed by atoms with Crippen LogP contribution >= 0.6 is 0 Å². The van der Waals surface area contributed by atoms with E-state index in [0.717, 1.165) is 11.4 Å². The summed E-state index contributed by atoms with van der Waals surface area (Å²) in [4.78, 5) is 9.86. The predicted molar refractivity (Wildman–Crippen MR) is 45.5 cm³/mol. The minimum Gasteiger partial charge on any atom is -0.375 e. The zero-order chi connectivity index (χ0) is 8.43. The summed E-state index contributed by atoms with van der Waals surface area (Å²) < 4.78 is 0. The Bertz CT molecular complexity index is 257. The summed E-state index contributed by atoms with van der Waals surface area (Å²) in [5.41, 5.74) is 7.29. The first-order valence-electron chi connectivity index (χ1n) is 3.37. The molecule has 0 atom stereocenters. The molecule has 1 aromatic heterocycles. The van der Waals surface area contributed by atoms with E-state index in [1.54, 1.807) is 6.20 Å². The van der Waals surface area contributed by atoms with Crippen molar-refractivity contribution < 1.29 is 0 Å². The van der Waals surface area contributed by atoms with Gasteiger partial charge in [-0.15, -0.1) is 0 Å². The van der Waals surface area contributed by atoms with Crippen molar-refractivity contribution in [2.75, 3.05) is 24.7 Å². The second kappa shape index (κ2) is 2.74. The van der Waals surface area contributed by atoms with Gasteiger partial charge in [0.25, 0.3) is 0 Å². The van der Waals surface area contributed by atoms with Gasteiger partial charge in [0.15, 0.2) is 0 Å². The van der Waals surface area contributed by atoms with Crippen LogP contribution in [0.5, 0.6) is 0 Å².